The van der Waals surface area contributed by atoms with Crippen LogP contribution in [0.15, 0.2) is 23.1 Å². The van der Waals surface area contributed by atoms with Gasteiger partial charge in [0.05, 0.1) is 11.5 Å². The number of nitro benzene ring substituents is 1. The summed E-state index contributed by atoms with van der Waals surface area (Å²) >= 11 is 0. The number of rotatable bonds is 7. The van der Waals surface area contributed by atoms with Crippen LogP contribution in [0.2, 0.25) is 0 Å². The summed E-state index contributed by atoms with van der Waals surface area (Å²) in [4.78, 5) is 21.0. The minimum Gasteiger partial charge on any atom is -0.380 e. The number of nitrogens with one attached hydrogen (secondary N) is 3. The molecule has 0 aliphatic heterocycles. The lowest BCUT2D eigenvalue weighted by atomic mass is 10.2. The molecule has 0 heterocycles. The van der Waals surface area contributed by atoms with Gasteiger partial charge < -0.3 is 10.6 Å². The second-order valence-corrected chi connectivity index (χ2v) is 5.67. The first-order valence-electron chi connectivity index (χ1n) is 6.05. The second kappa shape index (κ2) is 6.99. The minimum absolute atomic E-state index is 0.102. The summed E-state index contributed by atoms with van der Waals surface area (Å²) in [5, 5.41) is 16.1. The molecule has 10 heteroatoms. The SMILES string of the molecule is CCNc1cccc(S(=O)(=O)NCC(=O)NC)c1[N+](=O)[O-]. The molecule has 0 aromatic heterocycles. The maximum atomic E-state index is 12.1. The molecule has 9 nitrogen and oxygen atoms in total. The van der Waals surface area contributed by atoms with Gasteiger partial charge in [-0.05, 0) is 19.1 Å². The molecule has 21 heavy (non-hydrogen) atoms. The van der Waals surface area contributed by atoms with Crippen molar-refractivity contribution in [1.82, 2.24) is 10.0 Å². The van der Waals surface area contributed by atoms with Crippen LogP contribution in [0.4, 0.5) is 11.4 Å². The number of nitro groups is 1. The van der Waals surface area contributed by atoms with Crippen molar-refractivity contribution in [3.8, 4) is 0 Å². The molecule has 0 saturated carbocycles. The van der Waals surface area contributed by atoms with Crippen molar-refractivity contribution in [2.45, 2.75) is 11.8 Å². The fraction of sp³-hybridized carbons (Fsp3) is 0.364. The van der Waals surface area contributed by atoms with Crippen molar-refractivity contribution < 1.29 is 18.1 Å². The number of hydrogen-bond donors (Lipinski definition) is 3. The summed E-state index contributed by atoms with van der Waals surface area (Å²) in [6.07, 6.45) is 0. The highest BCUT2D eigenvalue weighted by Gasteiger charge is 2.29. The molecule has 0 aliphatic rings. The Morgan fingerprint density at radius 2 is 2.05 bits per heavy atom. The molecule has 116 valence electrons. The van der Waals surface area contributed by atoms with Gasteiger partial charge in [-0.25, -0.2) is 13.1 Å². The van der Waals surface area contributed by atoms with Crippen molar-refractivity contribution in [3.63, 3.8) is 0 Å². The maximum Gasteiger partial charge on any atom is 0.312 e. The molecule has 0 radical (unpaired) electrons. The normalized spacial score (nSPS) is 11.0. The minimum atomic E-state index is -4.17. The summed E-state index contributed by atoms with van der Waals surface area (Å²) in [6, 6.07) is 3.92. The number of hydrogen-bond acceptors (Lipinski definition) is 6. The Labute approximate surface area is 121 Å². The van der Waals surface area contributed by atoms with Crippen LogP contribution < -0.4 is 15.4 Å². The van der Waals surface area contributed by atoms with Crippen LogP contribution in [0.5, 0.6) is 0 Å². The van der Waals surface area contributed by atoms with Gasteiger partial charge in [-0.1, -0.05) is 6.07 Å². The van der Waals surface area contributed by atoms with Crippen molar-refractivity contribution in [2.24, 2.45) is 0 Å². The van der Waals surface area contributed by atoms with Gasteiger partial charge in [-0.15, -0.1) is 0 Å². The van der Waals surface area contributed by atoms with Crippen LogP contribution in [0.1, 0.15) is 6.92 Å². The van der Waals surface area contributed by atoms with Crippen LogP contribution in [0.3, 0.4) is 0 Å². The van der Waals surface area contributed by atoms with E-state index in [4.69, 9.17) is 0 Å². The number of anilines is 1. The van der Waals surface area contributed by atoms with Crippen LogP contribution in [0.25, 0.3) is 0 Å². The largest absolute Gasteiger partial charge is 0.380 e. The van der Waals surface area contributed by atoms with Gasteiger partial charge in [0.15, 0.2) is 4.90 Å². The van der Waals surface area contributed by atoms with Crippen LogP contribution >= 0.6 is 0 Å². The second-order valence-electron chi connectivity index (χ2n) is 3.94. The average molecular weight is 316 g/mol. The fourth-order valence-electron chi connectivity index (χ4n) is 1.59. The van der Waals surface area contributed by atoms with E-state index in [1.165, 1.54) is 19.2 Å². The highest BCUT2D eigenvalue weighted by atomic mass is 32.2. The van der Waals surface area contributed by atoms with Crippen molar-refractivity contribution in [1.29, 1.82) is 0 Å². The first-order chi connectivity index (χ1) is 9.83. The molecule has 1 aromatic rings. The lowest BCUT2D eigenvalue weighted by molar-refractivity contribution is -0.386. The molecule has 0 fully saturated rings. The number of likely N-dealkylation sites (N-methyl/N-ethyl adjacent to an activating group) is 1. The lowest BCUT2D eigenvalue weighted by Gasteiger charge is -2.10. The van der Waals surface area contributed by atoms with Gasteiger partial charge in [0.25, 0.3) is 0 Å². The third-order valence-corrected chi connectivity index (χ3v) is 3.97. The monoisotopic (exact) mass is 316 g/mol. The van der Waals surface area contributed by atoms with Gasteiger partial charge in [-0.2, -0.15) is 0 Å². The number of sulfonamides is 1. The van der Waals surface area contributed by atoms with E-state index in [0.717, 1.165) is 6.07 Å². The predicted octanol–water partition coefficient (Wildman–Crippen LogP) is 0.0509. The molecule has 1 rings (SSSR count). The average Bonchev–Trinajstić information content (AvgIpc) is 2.44. The van der Waals surface area contributed by atoms with Gasteiger partial charge >= 0.3 is 5.69 Å². The van der Waals surface area contributed by atoms with Crippen LogP contribution in [0, 0.1) is 10.1 Å². The van der Waals surface area contributed by atoms with Gasteiger partial charge in [0.2, 0.25) is 15.9 Å². The van der Waals surface area contributed by atoms with Crippen LogP contribution in [-0.4, -0.2) is 39.4 Å². The summed E-state index contributed by atoms with van der Waals surface area (Å²) < 4.78 is 26.2. The topological polar surface area (TPSA) is 130 Å². The van der Waals surface area contributed by atoms with Crippen molar-refractivity contribution >= 4 is 27.3 Å². The lowest BCUT2D eigenvalue weighted by Crippen LogP contribution is -2.35. The van der Waals surface area contributed by atoms with Gasteiger partial charge in [-0.3, -0.25) is 14.9 Å². The van der Waals surface area contributed by atoms with E-state index in [2.05, 4.69) is 10.6 Å². The number of nitrogens with zero attached hydrogens (tertiary/aromatic N) is 1. The van der Waals surface area contributed by atoms with E-state index in [-0.39, 0.29) is 5.69 Å². The molecular weight excluding hydrogens is 300 g/mol. The first kappa shape index (κ1) is 16.9. The molecule has 0 spiro atoms. The number of benzene rings is 1. The van der Waals surface area contributed by atoms with E-state index in [1.807, 2.05) is 4.72 Å². The highest BCUT2D eigenvalue weighted by Crippen LogP contribution is 2.31. The molecule has 0 unspecified atom stereocenters. The Morgan fingerprint density at radius 1 is 1.38 bits per heavy atom. The standard InChI is InChI=1S/C11H16N4O5S/c1-3-13-8-5-4-6-9(11(8)15(17)18)21(19,20)14-7-10(16)12-2/h4-6,13-14H,3,7H2,1-2H3,(H,12,16). The fourth-order valence-corrected chi connectivity index (χ4v) is 2.76. The Kier molecular flexibility index (Phi) is 5.61. The van der Waals surface area contributed by atoms with Gasteiger partial charge in [0.1, 0.15) is 5.69 Å². The number of amides is 1. The van der Waals surface area contributed by atoms with E-state index in [0.29, 0.717) is 6.54 Å². The summed E-state index contributed by atoms with van der Waals surface area (Å²) in [5.74, 6) is -0.552. The van der Waals surface area contributed by atoms with E-state index < -0.39 is 38.0 Å². The third kappa shape index (κ3) is 4.13. The third-order valence-electron chi connectivity index (χ3n) is 2.54. The predicted molar refractivity (Wildman–Crippen MR) is 76.5 cm³/mol. The molecule has 0 atom stereocenters. The van der Waals surface area contributed by atoms with Crippen molar-refractivity contribution in [3.05, 3.63) is 28.3 Å². The molecular formula is C11H16N4O5S. The van der Waals surface area contributed by atoms with Gasteiger partial charge in [0, 0.05) is 13.6 Å². The number of para-hydroxylation sites is 1. The smallest absolute Gasteiger partial charge is 0.312 e. The molecule has 0 aliphatic carbocycles. The quantitative estimate of drug-likeness (QED) is 0.481. The number of carbonyl (C=O) groups excluding carboxylic acids is 1. The zero-order valence-corrected chi connectivity index (χ0v) is 12.4. The summed E-state index contributed by atoms with van der Waals surface area (Å²) in [5.41, 5.74) is -0.450. The van der Waals surface area contributed by atoms with E-state index in [1.54, 1.807) is 6.92 Å². The highest BCUT2D eigenvalue weighted by molar-refractivity contribution is 7.89. The van der Waals surface area contributed by atoms with E-state index in [9.17, 15) is 23.3 Å². The Hall–Kier alpha value is -2.20. The molecule has 3 N–H and O–H groups in total. The summed E-state index contributed by atoms with van der Waals surface area (Å²) in [6.45, 7) is 1.63. The van der Waals surface area contributed by atoms with E-state index >= 15 is 0 Å². The zero-order chi connectivity index (χ0) is 16.0. The Balaban J connectivity index is 3.25. The molecule has 1 amide bonds. The Bertz CT molecular complexity index is 644. The number of carbonyl (C=O) groups is 1. The molecule has 1 aromatic carbocycles. The van der Waals surface area contributed by atoms with Crippen molar-refractivity contribution in [2.75, 3.05) is 25.5 Å². The molecule has 0 saturated heterocycles. The first-order valence-corrected chi connectivity index (χ1v) is 7.53. The zero-order valence-electron chi connectivity index (χ0n) is 11.5. The Morgan fingerprint density at radius 3 is 2.57 bits per heavy atom. The molecule has 0 bridgehead atoms. The van der Waals surface area contributed by atoms with Crippen LogP contribution in [-0.2, 0) is 14.8 Å². The summed E-state index contributed by atoms with van der Waals surface area (Å²) in [7, 11) is -2.82. The maximum absolute atomic E-state index is 12.1.